The van der Waals surface area contributed by atoms with Crippen molar-refractivity contribution in [3.63, 3.8) is 0 Å². The number of non-ortho nitro benzene ring substituents is 1. The summed E-state index contributed by atoms with van der Waals surface area (Å²) in [6.45, 7) is 0. The van der Waals surface area contributed by atoms with Gasteiger partial charge in [0.25, 0.3) is 5.69 Å². The van der Waals surface area contributed by atoms with Gasteiger partial charge in [-0.05, 0) is 24.3 Å². The number of halogens is 1. The predicted molar refractivity (Wildman–Crippen MR) is 75.3 cm³/mol. The van der Waals surface area contributed by atoms with E-state index in [2.05, 4.69) is 10.7 Å². The quantitative estimate of drug-likeness (QED) is 0.452. The lowest BCUT2D eigenvalue weighted by molar-refractivity contribution is -0.384. The summed E-state index contributed by atoms with van der Waals surface area (Å²) in [5.74, 6) is 4.60. The molecule has 0 heterocycles. The molecule has 4 N–H and O–H groups in total. The van der Waals surface area contributed by atoms with E-state index in [1.165, 1.54) is 30.3 Å². The van der Waals surface area contributed by atoms with Crippen LogP contribution in [0.3, 0.4) is 0 Å². The lowest BCUT2D eigenvalue weighted by Crippen LogP contribution is -2.07. The summed E-state index contributed by atoms with van der Waals surface area (Å²) in [6, 6.07) is 9.69. The van der Waals surface area contributed by atoms with Crippen molar-refractivity contribution in [1.29, 1.82) is 5.26 Å². The molecule has 0 atom stereocenters. The molecule has 7 nitrogen and oxygen atoms in total. The van der Waals surface area contributed by atoms with Crippen LogP contribution in [0.25, 0.3) is 0 Å². The molecule has 0 aliphatic rings. The van der Waals surface area contributed by atoms with Crippen LogP contribution >= 0.6 is 0 Å². The van der Waals surface area contributed by atoms with E-state index >= 15 is 0 Å². The summed E-state index contributed by atoms with van der Waals surface area (Å²) in [6.07, 6.45) is 0. The Bertz CT molecular complexity index is 742. The smallest absolute Gasteiger partial charge is 0.273 e. The highest BCUT2D eigenvalue weighted by atomic mass is 19.1. The van der Waals surface area contributed by atoms with Crippen LogP contribution in [-0.2, 0) is 0 Å². The van der Waals surface area contributed by atoms with Crippen LogP contribution in [0.15, 0.2) is 36.4 Å². The normalized spacial score (nSPS) is 9.76. The fourth-order valence-electron chi connectivity index (χ4n) is 1.71. The zero-order valence-corrected chi connectivity index (χ0v) is 10.6. The van der Waals surface area contributed by atoms with Crippen molar-refractivity contribution < 1.29 is 9.31 Å². The second-order valence-electron chi connectivity index (χ2n) is 4.10. The zero-order valence-electron chi connectivity index (χ0n) is 10.6. The molecular weight excluding hydrogens is 277 g/mol. The van der Waals surface area contributed by atoms with Crippen LogP contribution in [0.1, 0.15) is 5.56 Å². The minimum absolute atomic E-state index is 0.0949. The SMILES string of the molecule is N#Cc1ccc(Nc2cc(NN)cc([N+](=O)[O-])c2)c(F)c1. The van der Waals surface area contributed by atoms with Crippen LogP contribution in [0, 0.1) is 27.3 Å². The van der Waals surface area contributed by atoms with Gasteiger partial charge in [-0.15, -0.1) is 0 Å². The molecule has 2 aromatic rings. The third kappa shape index (κ3) is 3.23. The summed E-state index contributed by atoms with van der Waals surface area (Å²) in [5, 5.41) is 22.2. The molecule has 0 amide bonds. The number of hydrazine groups is 1. The molecule has 0 saturated carbocycles. The van der Waals surface area contributed by atoms with Gasteiger partial charge in [-0.25, -0.2) is 4.39 Å². The van der Waals surface area contributed by atoms with E-state index in [-0.39, 0.29) is 16.9 Å². The van der Waals surface area contributed by atoms with Crippen molar-refractivity contribution in [3.8, 4) is 6.07 Å². The molecule has 0 radical (unpaired) electrons. The summed E-state index contributed by atoms with van der Waals surface area (Å²) >= 11 is 0. The van der Waals surface area contributed by atoms with Crippen molar-refractivity contribution in [2.24, 2.45) is 5.84 Å². The molecule has 106 valence electrons. The van der Waals surface area contributed by atoms with Gasteiger partial charge in [0.1, 0.15) is 5.82 Å². The summed E-state index contributed by atoms with van der Waals surface area (Å²) < 4.78 is 13.8. The minimum Gasteiger partial charge on any atom is -0.353 e. The molecule has 0 spiro atoms. The first-order chi connectivity index (χ1) is 10.0. The number of anilines is 3. The predicted octanol–water partition coefficient (Wildman–Crippen LogP) is 2.63. The Morgan fingerprint density at radius 1 is 1.24 bits per heavy atom. The Kier molecular flexibility index (Phi) is 3.97. The van der Waals surface area contributed by atoms with E-state index in [1.807, 2.05) is 6.07 Å². The van der Waals surface area contributed by atoms with Crippen molar-refractivity contribution in [2.45, 2.75) is 0 Å². The molecule has 0 aliphatic carbocycles. The Morgan fingerprint density at radius 2 is 1.95 bits per heavy atom. The van der Waals surface area contributed by atoms with Crippen LogP contribution in [-0.4, -0.2) is 4.92 Å². The number of nitro groups is 1. The fourth-order valence-corrected chi connectivity index (χ4v) is 1.71. The Balaban J connectivity index is 2.37. The largest absolute Gasteiger partial charge is 0.353 e. The van der Waals surface area contributed by atoms with E-state index in [0.717, 1.165) is 6.07 Å². The van der Waals surface area contributed by atoms with E-state index in [1.54, 1.807) is 0 Å². The minimum atomic E-state index is -0.636. The van der Waals surface area contributed by atoms with Gasteiger partial charge in [-0.2, -0.15) is 5.26 Å². The molecule has 8 heteroatoms. The first-order valence-electron chi connectivity index (χ1n) is 5.76. The molecule has 2 rings (SSSR count). The van der Waals surface area contributed by atoms with Crippen LogP contribution in [0.2, 0.25) is 0 Å². The topological polar surface area (TPSA) is 117 Å². The van der Waals surface area contributed by atoms with E-state index in [9.17, 15) is 14.5 Å². The number of hydrogen-bond acceptors (Lipinski definition) is 6. The second-order valence-corrected chi connectivity index (χ2v) is 4.10. The van der Waals surface area contributed by atoms with Gasteiger partial charge in [-0.1, -0.05) is 0 Å². The number of nitrogens with zero attached hydrogens (tertiary/aromatic N) is 2. The van der Waals surface area contributed by atoms with Gasteiger partial charge in [0.2, 0.25) is 0 Å². The highest BCUT2D eigenvalue weighted by Gasteiger charge is 2.11. The average molecular weight is 287 g/mol. The van der Waals surface area contributed by atoms with Crippen LogP contribution < -0.4 is 16.6 Å². The summed E-state index contributed by atoms with van der Waals surface area (Å²) in [4.78, 5) is 10.2. The van der Waals surface area contributed by atoms with E-state index in [4.69, 9.17) is 11.1 Å². The second kappa shape index (κ2) is 5.85. The summed E-state index contributed by atoms with van der Waals surface area (Å²) in [5.41, 5.74) is 2.98. The number of rotatable bonds is 4. The van der Waals surface area contributed by atoms with Gasteiger partial charge in [0.15, 0.2) is 0 Å². The lowest BCUT2D eigenvalue weighted by Gasteiger charge is -2.09. The van der Waals surface area contributed by atoms with E-state index in [0.29, 0.717) is 11.4 Å². The molecular formula is C13H10FN5O2. The maximum absolute atomic E-state index is 13.8. The molecule has 0 bridgehead atoms. The molecule has 2 aromatic carbocycles. The first-order valence-corrected chi connectivity index (χ1v) is 5.76. The maximum atomic E-state index is 13.8. The number of nitrogen functional groups attached to an aromatic ring is 1. The number of benzene rings is 2. The number of nitriles is 1. The fraction of sp³-hybridized carbons (Fsp3) is 0. The molecule has 0 aliphatic heterocycles. The van der Waals surface area contributed by atoms with Crippen molar-refractivity contribution in [1.82, 2.24) is 0 Å². The number of nitro benzene ring substituents is 1. The number of nitrogens with one attached hydrogen (secondary N) is 2. The third-order valence-corrected chi connectivity index (χ3v) is 2.67. The zero-order chi connectivity index (χ0) is 15.4. The number of nitrogens with two attached hydrogens (primary N) is 1. The van der Waals surface area contributed by atoms with Crippen molar-refractivity contribution in [3.05, 3.63) is 57.9 Å². The molecule has 0 aromatic heterocycles. The standard InChI is InChI=1S/C13H10FN5O2/c14-12-3-8(7-15)1-2-13(12)17-9-4-10(18-16)6-11(5-9)19(20)21/h1-6,17-18H,16H2. The highest BCUT2D eigenvalue weighted by Crippen LogP contribution is 2.27. The van der Waals surface area contributed by atoms with Crippen LogP contribution in [0.4, 0.5) is 27.1 Å². The van der Waals surface area contributed by atoms with Gasteiger partial charge < -0.3 is 10.7 Å². The lowest BCUT2D eigenvalue weighted by atomic mass is 10.2. The first kappa shape index (κ1) is 14.2. The highest BCUT2D eigenvalue weighted by molar-refractivity contribution is 5.69. The Morgan fingerprint density at radius 3 is 2.52 bits per heavy atom. The van der Waals surface area contributed by atoms with Gasteiger partial charge in [0.05, 0.1) is 27.9 Å². The monoisotopic (exact) mass is 287 g/mol. The van der Waals surface area contributed by atoms with Crippen molar-refractivity contribution >= 4 is 22.7 Å². The molecule has 0 saturated heterocycles. The Labute approximate surface area is 118 Å². The molecule has 21 heavy (non-hydrogen) atoms. The van der Waals surface area contributed by atoms with Gasteiger partial charge >= 0.3 is 0 Å². The third-order valence-electron chi connectivity index (χ3n) is 2.67. The van der Waals surface area contributed by atoms with Gasteiger partial charge in [0, 0.05) is 17.8 Å². The van der Waals surface area contributed by atoms with Gasteiger partial charge in [-0.3, -0.25) is 16.0 Å². The van der Waals surface area contributed by atoms with E-state index < -0.39 is 10.7 Å². The number of hydrogen-bond donors (Lipinski definition) is 3. The van der Waals surface area contributed by atoms with Crippen molar-refractivity contribution in [2.75, 3.05) is 10.7 Å². The molecule has 0 unspecified atom stereocenters. The summed E-state index contributed by atoms with van der Waals surface area (Å²) in [7, 11) is 0. The maximum Gasteiger partial charge on any atom is 0.273 e. The Hall–Kier alpha value is -3.18. The molecule has 0 fully saturated rings. The average Bonchev–Trinajstić information content (AvgIpc) is 2.48. The van der Waals surface area contributed by atoms with Crippen LogP contribution in [0.5, 0.6) is 0 Å².